The van der Waals surface area contributed by atoms with Crippen LogP contribution in [0, 0.1) is 12.7 Å². The highest BCUT2D eigenvalue weighted by Crippen LogP contribution is 2.38. The molecule has 1 N–H and O–H groups in total. The minimum absolute atomic E-state index is 0.132. The first-order chi connectivity index (χ1) is 9.72. The molecule has 102 valence electrons. The van der Waals surface area contributed by atoms with E-state index in [1.165, 1.54) is 11.1 Å². The summed E-state index contributed by atoms with van der Waals surface area (Å²) in [6.07, 6.45) is 1.05. The van der Waals surface area contributed by atoms with E-state index in [0.717, 1.165) is 30.9 Å². The van der Waals surface area contributed by atoms with E-state index >= 15 is 0 Å². The van der Waals surface area contributed by atoms with E-state index in [2.05, 4.69) is 34.5 Å². The Hall–Kier alpha value is -2.03. The van der Waals surface area contributed by atoms with Gasteiger partial charge < -0.3 is 10.2 Å². The van der Waals surface area contributed by atoms with Crippen molar-refractivity contribution in [1.29, 1.82) is 0 Å². The summed E-state index contributed by atoms with van der Waals surface area (Å²) in [6.45, 7) is 3.63. The van der Waals surface area contributed by atoms with Gasteiger partial charge in [-0.1, -0.05) is 24.3 Å². The van der Waals surface area contributed by atoms with E-state index < -0.39 is 0 Å². The number of benzene rings is 2. The van der Waals surface area contributed by atoms with Crippen LogP contribution in [0.1, 0.15) is 16.7 Å². The van der Waals surface area contributed by atoms with Crippen molar-refractivity contribution in [2.24, 2.45) is 0 Å². The van der Waals surface area contributed by atoms with Crippen LogP contribution in [-0.2, 0) is 13.0 Å². The summed E-state index contributed by atoms with van der Waals surface area (Å²) in [5.74, 6) is -0.132. The highest BCUT2D eigenvalue weighted by atomic mass is 19.1. The van der Waals surface area contributed by atoms with Crippen LogP contribution >= 0.6 is 0 Å². The third-order valence-corrected chi connectivity index (χ3v) is 4.47. The summed E-state index contributed by atoms with van der Waals surface area (Å²) >= 11 is 0. The Bertz CT molecular complexity index is 681. The number of hydrogen-bond donors (Lipinski definition) is 1. The third kappa shape index (κ3) is 1.69. The van der Waals surface area contributed by atoms with Gasteiger partial charge in [0.25, 0.3) is 0 Å². The van der Waals surface area contributed by atoms with Gasteiger partial charge in [0.2, 0.25) is 0 Å². The standard InChI is InChI=1S/C17H17FN2/c1-11-6-17-16(8-15(11)18)19-9-14-7-12-4-2-3-5-13(12)10-20(14)17/h2-6,8,14,19H,7,9-10H2,1H3. The van der Waals surface area contributed by atoms with Crippen LogP contribution in [0.4, 0.5) is 15.8 Å². The molecule has 3 heteroatoms. The van der Waals surface area contributed by atoms with Gasteiger partial charge in [-0.3, -0.25) is 0 Å². The van der Waals surface area contributed by atoms with Gasteiger partial charge in [-0.25, -0.2) is 4.39 Å². The molecular formula is C17H17FN2. The van der Waals surface area contributed by atoms with Gasteiger partial charge in [0.05, 0.1) is 17.4 Å². The first kappa shape index (κ1) is 11.8. The molecule has 2 aromatic rings. The molecule has 20 heavy (non-hydrogen) atoms. The van der Waals surface area contributed by atoms with Crippen LogP contribution in [-0.4, -0.2) is 12.6 Å². The van der Waals surface area contributed by atoms with Crippen molar-refractivity contribution >= 4 is 11.4 Å². The van der Waals surface area contributed by atoms with Gasteiger partial charge in [-0.15, -0.1) is 0 Å². The molecular weight excluding hydrogens is 251 g/mol. The minimum Gasteiger partial charge on any atom is -0.381 e. The molecule has 0 saturated heterocycles. The Kier molecular flexibility index (Phi) is 2.49. The summed E-state index contributed by atoms with van der Waals surface area (Å²) in [6, 6.07) is 12.7. The number of hydrogen-bond acceptors (Lipinski definition) is 2. The monoisotopic (exact) mass is 268 g/mol. The number of aryl methyl sites for hydroxylation is 1. The van der Waals surface area contributed by atoms with Crippen LogP contribution in [0.3, 0.4) is 0 Å². The fraction of sp³-hybridized carbons (Fsp3) is 0.294. The second kappa shape index (κ2) is 4.23. The van der Waals surface area contributed by atoms with Crippen molar-refractivity contribution in [2.75, 3.05) is 16.8 Å². The number of fused-ring (bicyclic) bond motifs is 4. The summed E-state index contributed by atoms with van der Waals surface area (Å²) in [5.41, 5.74) is 5.60. The van der Waals surface area contributed by atoms with E-state index in [-0.39, 0.29) is 5.82 Å². The zero-order valence-corrected chi connectivity index (χ0v) is 11.5. The predicted molar refractivity (Wildman–Crippen MR) is 79.7 cm³/mol. The predicted octanol–water partition coefficient (Wildman–Crippen LogP) is 3.49. The van der Waals surface area contributed by atoms with E-state index in [0.29, 0.717) is 11.6 Å². The summed E-state index contributed by atoms with van der Waals surface area (Å²) < 4.78 is 13.7. The lowest BCUT2D eigenvalue weighted by molar-refractivity contribution is 0.558. The minimum atomic E-state index is -0.132. The first-order valence-electron chi connectivity index (χ1n) is 7.10. The number of nitrogens with one attached hydrogen (secondary N) is 1. The summed E-state index contributed by atoms with van der Waals surface area (Å²) in [4.78, 5) is 2.42. The van der Waals surface area contributed by atoms with Gasteiger partial charge in [0.15, 0.2) is 0 Å². The zero-order valence-electron chi connectivity index (χ0n) is 11.5. The lowest BCUT2D eigenvalue weighted by Gasteiger charge is -2.43. The van der Waals surface area contributed by atoms with Gasteiger partial charge in [0, 0.05) is 13.1 Å². The molecule has 1 unspecified atom stereocenters. The molecule has 2 aliphatic heterocycles. The van der Waals surface area contributed by atoms with Crippen molar-refractivity contribution in [3.63, 3.8) is 0 Å². The molecule has 0 fully saturated rings. The van der Waals surface area contributed by atoms with Gasteiger partial charge in [-0.05, 0) is 42.2 Å². The van der Waals surface area contributed by atoms with Crippen molar-refractivity contribution in [3.8, 4) is 0 Å². The van der Waals surface area contributed by atoms with Crippen LogP contribution in [0.5, 0.6) is 0 Å². The average Bonchev–Trinajstić information content (AvgIpc) is 2.47. The molecule has 0 aromatic heterocycles. The van der Waals surface area contributed by atoms with E-state index in [1.54, 1.807) is 6.07 Å². The zero-order chi connectivity index (χ0) is 13.7. The Morgan fingerprint density at radius 3 is 2.85 bits per heavy atom. The highest BCUT2D eigenvalue weighted by molar-refractivity contribution is 5.74. The molecule has 2 aliphatic rings. The number of halogens is 1. The summed E-state index contributed by atoms with van der Waals surface area (Å²) in [7, 11) is 0. The van der Waals surface area contributed by atoms with Gasteiger partial charge >= 0.3 is 0 Å². The lowest BCUT2D eigenvalue weighted by Crippen LogP contribution is -2.47. The second-order valence-electron chi connectivity index (χ2n) is 5.75. The SMILES string of the molecule is Cc1cc2c(cc1F)NCC1Cc3ccccc3CN21. The van der Waals surface area contributed by atoms with E-state index in [4.69, 9.17) is 0 Å². The molecule has 2 heterocycles. The van der Waals surface area contributed by atoms with Gasteiger partial charge in [-0.2, -0.15) is 0 Å². The van der Waals surface area contributed by atoms with E-state index in [1.807, 2.05) is 13.0 Å². The Labute approximate surface area is 118 Å². The normalized spacial score (nSPS) is 19.7. The Morgan fingerprint density at radius 1 is 1.20 bits per heavy atom. The maximum absolute atomic E-state index is 13.7. The molecule has 0 saturated carbocycles. The van der Waals surface area contributed by atoms with E-state index in [9.17, 15) is 4.39 Å². The Morgan fingerprint density at radius 2 is 2.00 bits per heavy atom. The first-order valence-corrected chi connectivity index (χ1v) is 7.10. The topological polar surface area (TPSA) is 15.3 Å². The summed E-state index contributed by atoms with van der Waals surface area (Å²) in [5, 5.41) is 3.38. The third-order valence-electron chi connectivity index (χ3n) is 4.47. The highest BCUT2D eigenvalue weighted by Gasteiger charge is 2.31. The molecule has 1 atom stereocenters. The maximum Gasteiger partial charge on any atom is 0.128 e. The number of anilines is 2. The largest absolute Gasteiger partial charge is 0.381 e. The number of rotatable bonds is 0. The average molecular weight is 268 g/mol. The fourth-order valence-corrected chi connectivity index (χ4v) is 3.33. The lowest BCUT2D eigenvalue weighted by atomic mass is 9.91. The van der Waals surface area contributed by atoms with Crippen LogP contribution in [0.25, 0.3) is 0 Å². The van der Waals surface area contributed by atoms with Crippen molar-refractivity contribution in [1.82, 2.24) is 0 Å². The Balaban J connectivity index is 1.80. The molecule has 0 spiro atoms. The molecule has 0 bridgehead atoms. The smallest absolute Gasteiger partial charge is 0.128 e. The maximum atomic E-state index is 13.7. The molecule has 0 aliphatic carbocycles. The van der Waals surface area contributed by atoms with Crippen molar-refractivity contribution in [2.45, 2.75) is 25.9 Å². The van der Waals surface area contributed by atoms with Crippen LogP contribution in [0.2, 0.25) is 0 Å². The molecule has 4 rings (SSSR count). The quantitative estimate of drug-likeness (QED) is 0.787. The van der Waals surface area contributed by atoms with Crippen molar-refractivity contribution < 1.29 is 4.39 Å². The van der Waals surface area contributed by atoms with Crippen LogP contribution < -0.4 is 10.2 Å². The van der Waals surface area contributed by atoms with Crippen LogP contribution in [0.15, 0.2) is 36.4 Å². The second-order valence-corrected chi connectivity index (χ2v) is 5.75. The number of nitrogens with zero attached hydrogens (tertiary/aromatic N) is 1. The molecule has 2 aromatic carbocycles. The molecule has 2 nitrogen and oxygen atoms in total. The molecule has 0 amide bonds. The van der Waals surface area contributed by atoms with Crippen molar-refractivity contribution in [3.05, 3.63) is 58.9 Å². The fourth-order valence-electron chi connectivity index (χ4n) is 3.33. The molecule has 0 radical (unpaired) electrons. The van der Waals surface area contributed by atoms with Gasteiger partial charge in [0.1, 0.15) is 5.82 Å².